The lowest BCUT2D eigenvalue weighted by molar-refractivity contribution is 0.695. The van der Waals surface area contributed by atoms with Crippen LogP contribution in [0.2, 0.25) is 5.02 Å². The molecule has 0 amide bonds. The second kappa shape index (κ2) is 7.04. The molecule has 0 aliphatic rings. The number of benzene rings is 1. The Balaban J connectivity index is 2.34. The zero-order valence-electron chi connectivity index (χ0n) is 8.76. The smallest absolute Gasteiger partial charge is 0.0548 e. The molecule has 0 saturated heterocycles. The van der Waals surface area contributed by atoms with Gasteiger partial charge in [0.2, 0.25) is 0 Å². The van der Waals surface area contributed by atoms with E-state index in [-0.39, 0.29) is 0 Å². The largest absolute Gasteiger partial charge is 0.312 e. The summed E-state index contributed by atoms with van der Waals surface area (Å²) in [6.07, 6.45) is 5.30. The van der Waals surface area contributed by atoms with E-state index in [9.17, 15) is 0 Å². The molecule has 0 fully saturated rings. The summed E-state index contributed by atoms with van der Waals surface area (Å²) in [5.74, 6) is 0. The molecule has 0 saturated carbocycles. The van der Waals surface area contributed by atoms with Gasteiger partial charge in [0.05, 0.1) is 5.02 Å². The summed E-state index contributed by atoms with van der Waals surface area (Å²) in [6.45, 7) is 3.92. The van der Waals surface area contributed by atoms with Gasteiger partial charge < -0.3 is 5.32 Å². The Kier molecular flexibility index (Phi) is 5.99. The molecule has 0 heterocycles. The molecule has 1 aromatic carbocycles. The van der Waals surface area contributed by atoms with E-state index in [0.717, 1.165) is 29.0 Å². The summed E-state index contributed by atoms with van der Waals surface area (Å²) in [5, 5.41) is 4.13. The van der Waals surface area contributed by atoms with Gasteiger partial charge in [-0.05, 0) is 53.5 Å². The van der Waals surface area contributed by atoms with Crippen molar-refractivity contribution < 1.29 is 0 Å². The van der Waals surface area contributed by atoms with Crippen LogP contribution >= 0.6 is 27.5 Å². The Labute approximate surface area is 105 Å². The second-order valence-corrected chi connectivity index (χ2v) is 4.54. The van der Waals surface area contributed by atoms with E-state index in [1.807, 2.05) is 25.1 Å². The van der Waals surface area contributed by atoms with Crippen LogP contribution in [0.25, 0.3) is 0 Å². The van der Waals surface area contributed by atoms with E-state index in [1.165, 1.54) is 5.56 Å². The molecular weight excluding hydrogens is 273 g/mol. The molecule has 0 spiro atoms. The lowest BCUT2D eigenvalue weighted by atomic mass is 10.2. The molecule has 0 aliphatic heterocycles. The van der Waals surface area contributed by atoms with Crippen LogP contribution in [0.1, 0.15) is 18.9 Å². The average Bonchev–Trinajstić information content (AvgIpc) is 2.23. The van der Waals surface area contributed by atoms with Crippen molar-refractivity contribution in [3.63, 3.8) is 0 Å². The van der Waals surface area contributed by atoms with Crippen molar-refractivity contribution in [2.24, 2.45) is 0 Å². The van der Waals surface area contributed by atoms with Crippen molar-refractivity contribution >= 4 is 27.5 Å². The second-order valence-electron chi connectivity index (χ2n) is 3.28. The molecule has 1 nitrogen and oxygen atoms in total. The van der Waals surface area contributed by atoms with Gasteiger partial charge in [0.15, 0.2) is 0 Å². The first kappa shape index (κ1) is 12.8. The minimum Gasteiger partial charge on any atom is -0.312 e. The SMILES string of the molecule is C/C=C/CCNCc1ccc(Cl)c(Br)c1. The Morgan fingerprint density at radius 1 is 1.47 bits per heavy atom. The maximum atomic E-state index is 5.91. The van der Waals surface area contributed by atoms with Crippen molar-refractivity contribution in [1.82, 2.24) is 5.32 Å². The number of nitrogens with one attached hydrogen (secondary N) is 1. The van der Waals surface area contributed by atoms with E-state index in [1.54, 1.807) is 0 Å². The normalized spacial score (nSPS) is 11.1. The van der Waals surface area contributed by atoms with Crippen LogP contribution in [-0.4, -0.2) is 6.54 Å². The third-order valence-electron chi connectivity index (χ3n) is 2.04. The maximum Gasteiger partial charge on any atom is 0.0548 e. The highest BCUT2D eigenvalue weighted by molar-refractivity contribution is 9.10. The van der Waals surface area contributed by atoms with Crippen LogP contribution in [0.15, 0.2) is 34.8 Å². The number of rotatable bonds is 5. The molecule has 0 radical (unpaired) electrons. The van der Waals surface area contributed by atoms with Crippen LogP contribution in [-0.2, 0) is 6.54 Å². The summed E-state index contributed by atoms with van der Waals surface area (Å²) in [6, 6.07) is 6.00. The molecule has 0 unspecified atom stereocenters. The van der Waals surface area contributed by atoms with Gasteiger partial charge in [0.25, 0.3) is 0 Å². The topological polar surface area (TPSA) is 12.0 Å². The van der Waals surface area contributed by atoms with Crippen molar-refractivity contribution in [2.45, 2.75) is 19.9 Å². The highest BCUT2D eigenvalue weighted by Gasteiger charge is 1.98. The molecule has 82 valence electrons. The number of halogens is 2. The standard InChI is InChI=1S/C12H15BrClN/c1-2-3-4-7-15-9-10-5-6-12(14)11(13)8-10/h2-3,5-6,8,15H,4,7,9H2,1H3/b3-2+. The number of hydrogen-bond donors (Lipinski definition) is 1. The van der Waals surface area contributed by atoms with Crippen LogP contribution < -0.4 is 5.32 Å². The number of allylic oxidation sites excluding steroid dienone is 1. The first-order chi connectivity index (χ1) is 7.24. The van der Waals surface area contributed by atoms with Crippen LogP contribution in [0.3, 0.4) is 0 Å². The Hall–Kier alpha value is -0.310. The van der Waals surface area contributed by atoms with Gasteiger partial charge in [-0.15, -0.1) is 0 Å². The zero-order valence-corrected chi connectivity index (χ0v) is 11.1. The fourth-order valence-electron chi connectivity index (χ4n) is 1.23. The van der Waals surface area contributed by atoms with Gasteiger partial charge in [-0.1, -0.05) is 29.8 Å². The predicted octanol–water partition coefficient (Wildman–Crippen LogP) is 4.16. The third kappa shape index (κ3) is 4.83. The summed E-state index contributed by atoms with van der Waals surface area (Å²) in [4.78, 5) is 0. The van der Waals surface area contributed by atoms with E-state index in [2.05, 4.69) is 33.4 Å². The Bertz CT molecular complexity index is 336. The molecule has 3 heteroatoms. The zero-order chi connectivity index (χ0) is 11.1. The van der Waals surface area contributed by atoms with Crippen molar-refractivity contribution in [1.29, 1.82) is 0 Å². The first-order valence-electron chi connectivity index (χ1n) is 5.00. The van der Waals surface area contributed by atoms with Crippen LogP contribution in [0.5, 0.6) is 0 Å². The van der Waals surface area contributed by atoms with Crippen molar-refractivity contribution in [3.8, 4) is 0 Å². The fourth-order valence-corrected chi connectivity index (χ4v) is 1.78. The molecule has 15 heavy (non-hydrogen) atoms. The van der Waals surface area contributed by atoms with Crippen LogP contribution in [0, 0.1) is 0 Å². The van der Waals surface area contributed by atoms with Gasteiger partial charge in [0.1, 0.15) is 0 Å². The third-order valence-corrected chi connectivity index (χ3v) is 3.25. The van der Waals surface area contributed by atoms with Gasteiger partial charge in [-0.25, -0.2) is 0 Å². The summed E-state index contributed by atoms with van der Waals surface area (Å²) in [7, 11) is 0. The minimum absolute atomic E-state index is 0.757. The number of hydrogen-bond acceptors (Lipinski definition) is 1. The fraction of sp³-hybridized carbons (Fsp3) is 0.333. The van der Waals surface area contributed by atoms with Gasteiger partial charge in [0, 0.05) is 11.0 Å². The summed E-state index contributed by atoms with van der Waals surface area (Å²) < 4.78 is 0.955. The highest BCUT2D eigenvalue weighted by Crippen LogP contribution is 2.22. The van der Waals surface area contributed by atoms with Crippen molar-refractivity contribution in [3.05, 3.63) is 45.4 Å². The molecule has 0 aliphatic carbocycles. The molecule has 1 N–H and O–H groups in total. The van der Waals surface area contributed by atoms with Gasteiger partial charge in [-0.3, -0.25) is 0 Å². The van der Waals surface area contributed by atoms with E-state index in [4.69, 9.17) is 11.6 Å². The lowest BCUT2D eigenvalue weighted by Crippen LogP contribution is -2.13. The van der Waals surface area contributed by atoms with E-state index in [0.29, 0.717) is 0 Å². The van der Waals surface area contributed by atoms with Gasteiger partial charge >= 0.3 is 0 Å². The van der Waals surface area contributed by atoms with Crippen LogP contribution in [0.4, 0.5) is 0 Å². The molecule has 0 aromatic heterocycles. The minimum atomic E-state index is 0.757. The molecule has 1 aromatic rings. The van der Waals surface area contributed by atoms with Crippen molar-refractivity contribution in [2.75, 3.05) is 6.54 Å². The summed E-state index contributed by atoms with van der Waals surface area (Å²) in [5.41, 5.74) is 1.24. The molecule has 0 bridgehead atoms. The van der Waals surface area contributed by atoms with Gasteiger partial charge in [-0.2, -0.15) is 0 Å². The molecule has 1 rings (SSSR count). The first-order valence-corrected chi connectivity index (χ1v) is 6.17. The van der Waals surface area contributed by atoms with E-state index >= 15 is 0 Å². The molecule has 0 atom stereocenters. The Morgan fingerprint density at radius 2 is 2.27 bits per heavy atom. The average molecular weight is 289 g/mol. The Morgan fingerprint density at radius 3 is 2.93 bits per heavy atom. The highest BCUT2D eigenvalue weighted by atomic mass is 79.9. The van der Waals surface area contributed by atoms with E-state index < -0.39 is 0 Å². The summed E-state index contributed by atoms with van der Waals surface area (Å²) >= 11 is 9.32. The molecular formula is C12H15BrClN. The quantitative estimate of drug-likeness (QED) is 0.634. The lowest BCUT2D eigenvalue weighted by Gasteiger charge is -2.04. The maximum absolute atomic E-state index is 5.91. The predicted molar refractivity (Wildman–Crippen MR) is 70.3 cm³/mol. The monoisotopic (exact) mass is 287 g/mol.